The Morgan fingerprint density at radius 1 is 1.44 bits per heavy atom. The molecule has 1 aromatic rings. The van der Waals surface area contributed by atoms with Crippen LogP contribution >= 0.6 is 22.6 Å². The SMILES string of the molecule is CCC1CCCC(C(O)c2ccc(F)cc2I)C1. The van der Waals surface area contributed by atoms with Crippen LogP contribution in [0.3, 0.4) is 0 Å². The second-order valence-electron chi connectivity index (χ2n) is 5.31. The molecule has 0 aromatic heterocycles. The molecular formula is C15H20FIO. The number of benzene rings is 1. The number of rotatable bonds is 3. The lowest BCUT2D eigenvalue weighted by Crippen LogP contribution is -2.21. The third-order valence-corrected chi connectivity index (χ3v) is 5.06. The van der Waals surface area contributed by atoms with E-state index in [2.05, 4.69) is 29.5 Å². The molecule has 1 nitrogen and oxygen atoms in total. The molecule has 0 bridgehead atoms. The second kappa shape index (κ2) is 6.33. The molecule has 0 saturated heterocycles. The van der Waals surface area contributed by atoms with E-state index in [1.807, 2.05) is 0 Å². The smallest absolute Gasteiger partial charge is 0.124 e. The molecule has 18 heavy (non-hydrogen) atoms. The van der Waals surface area contributed by atoms with E-state index >= 15 is 0 Å². The maximum atomic E-state index is 13.1. The highest BCUT2D eigenvalue weighted by atomic mass is 127. The van der Waals surface area contributed by atoms with Gasteiger partial charge in [0, 0.05) is 3.57 Å². The molecule has 0 radical (unpaired) electrons. The van der Waals surface area contributed by atoms with Crippen LogP contribution < -0.4 is 0 Å². The first-order valence-corrected chi connectivity index (χ1v) is 7.82. The van der Waals surface area contributed by atoms with Crippen molar-refractivity contribution in [2.75, 3.05) is 0 Å². The third-order valence-electron chi connectivity index (χ3n) is 4.13. The first-order valence-electron chi connectivity index (χ1n) is 6.74. The fraction of sp³-hybridized carbons (Fsp3) is 0.600. The molecule has 2 rings (SSSR count). The molecule has 0 spiro atoms. The number of aliphatic hydroxyl groups is 1. The highest BCUT2D eigenvalue weighted by Gasteiger charge is 2.28. The van der Waals surface area contributed by atoms with Crippen molar-refractivity contribution in [3.8, 4) is 0 Å². The zero-order valence-corrected chi connectivity index (χ0v) is 12.9. The van der Waals surface area contributed by atoms with Gasteiger partial charge in [0.2, 0.25) is 0 Å². The molecule has 3 unspecified atom stereocenters. The summed E-state index contributed by atoms with van der Waals surface area (Å²) in [6, 6.07) is 4.68. The van der Waals surface area contributed by atoms with E-state index in [1.54, 1.807) is 6.07 Å². The van der Waals surface area contributed by atoms with Crippen LogP contribution in [0.2, 0.25) is 0 Å². The molecule has 1 saturated carbocycles. The molecule has 1 fully saturated rings. The molecule has 0 amide bonds. The van der Waals surface area contributed by atoms with Crippen LogP contribution in [0.5, 0.6) is 0 Å². The van der Waals surface area contributed by atoms with E-state index in [4.69, 9.17) is 0 Å². The molecule has 1 aliphatic rings. The van der Waals surface area contributed by atoms with Crippen molar-refractivity contribution in [3.63, 3.8) is 0 Å². The predicted octanol–water partition coefficient (Wildman–Crippen LogP) is 4.68. The predicted molar refractivity (Wildman–Crippen MR) is 79.8 cm³/mol. The van der Waals surface area contributed by atoms with E-state index in [-0.39, 0.29) is 5.82 Å². The maximum Gasteiger partial charge on any atom is 0.124 e. The minimum Gasteiger partial charge on any atom is -0.388 e. The minimum absolute atomic E-state index is 0.231. The topological polar surface area (TPSA) is 20.2 Å². The molecular weight excluding hydrogens is 342 g/mol. The summed E-state index contributed by atoms with van der Waals surface area (Å²) in [5, 5.41) is 10.5. The summed E-state index contributed by atoms with van der Waals surface area (Å²) in [4.78, 5) is 0. The van der Waals surface area contributed by atoms with Gasteiger partial charge in [-0.1, -0.05) is 32.3 Å². The van der Waals surface area contributed by atoms with Gasteiger partial charge in [0.05, 0.1) is 6.10 Å². The Morgan fingerprint density at radius 3 is 2.89 bits per heavy atom. The number of halogens is 2. The number of hydrogen-bond donors (Lipinski definition) is 1. The largest absolute Gasteiger partial charge is 0.388 e. The maximum absolute atomic E-state index is 13.1. The molecule has 3 heteroatoms. The van der Waals surface area contributed by atoms with Crippen molar-refractivity contribution >= 4 is 22.6 Å². The Morgan fingerprint density at radius 2 is 2.22 bits per heavy atom. The van der Waals surface area contributed by atoms with E-state index in [0.29, 0.717) is 5.92 Å². The van der Waals surface area contributed by atoms with Gasteiger partial charge < -0.3 is 5.11 Å². The van der Waals surface area contributed by atoms with Crippen molar-refractivity contribution in [1.29, 1.82) is 0 Å². The van der Waals surface area contributed by atoms with Gasteiger partial charge in [-0.05, 0) is 65.0 Å². The van der Waals surface area contributed by atoms with E-state index in [1.165, 1.54) is 31.4 Å². The quantitative estimate of drug-likeness (QED) is 0.775. The van der Waals surface area contributed by atoms with Crippen molar-refractivity contribution in [1.82, 2.24) is 0 Å². The zero-order chi connectivity index (χ0) is 13.1. The van der Waals surface area contributed by atoms with Crippen molar-refractivity contribution in [2.45, 2.75) is 45.1 Å². The van der Waals surface area contributed by atoms with Gasteiger partial charge in [-0.15, -0.1) is 0 Å². The first-order chi connectivity index (χ1) is 8.61. The van der Waals surface area contributed by atoms with Gasteiger partial charge in [0.15, 0.2) is 0 Å². The normalized spacial score (nSPS) is 26.0. The summed E-state index contributed by atoms with van der Waals surface area (Å²) in [6.07, 6.45) is 5.45. The molecule has 0 aliphatic heterocycles. The van der Waals surface area contributed by atoms with Crippen molar-refractivity contribution in [3.05, 3.63) is 33.1 Å². The molecule has 0 heterocycles. The van der Waals surface area contributed by atoms with Crippen LogP contribution in [0.1, 0.15) is 50.7 Å². The van der Waals surface area contributed by atoms with E-state index in [9.17, 15) is 9.50 Å². The van der Waals surface area contributed by atoms with Crippen LogP contribution in [0.15, 0.2) is 18.2 Å². The van der Waals surface area contributed by atoms with Gasteiger partial charge in [0.1, 0.15) is 5.82 Å². The Kier molecular flexibility index (Phi) is 5.01. The average Bonchev–Trinajstić information content (AvgIpc) is 2.38. The van der Waals surface area contributed by atoms with Gasteiger partial charge in [-0.2, -0.15) is 0 Å². The van der Waals surface area contributed by atoms with Crippen LogP contribution in [0, 0.1) is 21.2 Å². The standard InChI is InChI=1S/C15H20FIO/c1-2-10-4-3-5-11(8-10)15(18)13-7-6-12(16)9-14(13)17/h6-7,9-11,15,18H,2-5,8H2,1H3. The summed E-state index contributed by atoms with van der Waals surface area (Å²) < 4.78 is 13.9. The summed E-state index contributed by atoms with van der Waals surface area (Å²) >= 11 is 2.11. The monoisotopic (exact) mass is 362 g/mol. The second-order valence-corrected chi connectivity index (χ2v) is 6.47. The fourth-order valence-electron chi connectivity index (χ4n) is 2.99. The van der Waals surface area contributed by atoms with Gasteiger partial charge >= 0.3 is 0 Å². The van der Waals surface area contributed by atoms with Crippen LogP contribution in [-0.4, -0.2) is 5.11 Å². The molecule has 3 atom stereocenters. The highest BCUT2D eigenvalue weighted by Crippen LogP contribution is 2.39. The van der Waals surface area contributed by atoms with Gasteiger partial charge in [0.25, 0.3) is 0 Å². The van der Waals surface area contributed by atoms with Crippen LogP contribution in [0.4, 0.5) is 4.39 Å². The van der Waals surface area contributed by atoms with Crippen molar-refractivity contribution in [2.24, 2.45) is 11.8 Å². The van der Waals surface area contributed by atoms with Gasteiger partial charge in [-0.3, -0.25) is 0 Å². The summed E-state index contributed by atoms with van der Waals surface area (Å²) in [5.41, 5.74) is 0.888. The first kappa shape index (κ1) is 14.3. The van der Waals surface area contributed by atoms with E-state index < -0.39 is 6.10 Å². The van der Waals surface area contributed by atoms with Crippen LogP contribution in [0.25, 0.3) is 0 Å². The Hall–Kier alpha value is -0.160. The summed E-state index contributed by atoms with van der Waals surface area (Å²) in [6.45, 7) is 2.22. The molecule has 1 N–H and O–H groups in total. The lowest BCUT2D eigenvalue weighted by Gasteiger charge is -2.32. The van der Waals surface area contributed by atoms with Crippen LogP contribution in [-0.2, 0) is 0 Å². The fourth-order valence-corrected chi connectivity index (χ4v) is 3.78. The third kappa shape index (κ3) is 3.23. The van der Waals surface area contributed by atoms with Gasteiger partial charge in [-0.25, -0.2) is 4.39 Å². The minimum atomic E-state index is -0.438. The number of hydrogen-bond acceptors (Lipinski definition) is 1. The average molecular weight is 362 g/mol. The van der Waals surface area contributed by atoms with E-state index in [0.717, 1.165) is 27.9 Å². The molecule has 100 valence electrons. The van der Waals surface area contributed by atoms with Crippen molar-refractivity contribution < 1.29 is 9.50 Å². The lowest BCUT2D eigenvalue weighted by molar-refractivity contribution is 0.0671. The summed E-state index contributed by atoms with van der Waals surface area (Å²) in [5.74, 6) is 0.851. The molecule has 1 aromatic carbocycles. The molecule has 1 aliphatic carbocycles. The Bertz CT molecular complexity index is 407. The highest BCUT2D eigenvalue weighted by molar-refractivity contribution is 14.1. The number of aliphatic hydroxyl groups excluding tert-OH is 1. The summed E-state index contributed by atoms with van der Waals surface area (Å²) in [7, 11) is 0. The Balaban J connectivity index is 2.12. The lowest BCUT2D eigenvalue weighted by atomic mass is 9.76. The Labute approximate surface area is 122 Å². The zero-order valence-electron chi connectivity index (χ0n) is 10.7.